The lowest BCUT2D eigenvalue weighted by Gasteiger charge is -2.04. The summed E-state index contributed by atoms with van der Waals surface area (Å²) in [5, 5.41) is 16.7. The van der Waals surface area contributed by atoms with Crippen LogP contribution in [-0.4, -0.2) is 25.2 Å². The first kappa shape index (κ1) is 23.3. The summed E-state index contributed by atoms with van der Waals surface area (Å²) in [5.41, 5.74) is 9.70. The number of nitriles is 2. The molecule has 0 heterocycles. The molecule has 0 aliphatic carbocycles. The molecule has 0 atom stereocenters. The Labute approximate surface area is 142 Å². The summed E-state index contributed by atoms with van der Waals surface area (Å²) in [7, 11) is 0. The van der Waals surface area contributed by atoms with Crippen LogP contribution in [-0.2, 0) is 19.1 Å². The standard InChI is InChI=1S/2C8H12N2O2/c1-6(2)5-12-8(11)7(3-9)4-10;1-2-3-4-12-8(11)7(5-9)6-10/h3,6H,5,9H2,1-2H3;5H,2-4,9H2,1H3. The van der Waals surface area contributed by atoms with Gasteiger partial charge in [0, 0.05) is 12.4 Å². The number of carbonyl (C=O) groups is 2. The van der Waals surface area contributed by atoms with Crippen molar-refractivity contribution in [2.24, 2.45) is 17.4 Å². The van der Waals surface area contributed by atoms with Gasteiger partial charge in [-0.2, -0.15) is 10.5 Å². The van der Waals surface area contributed by atoms with E-state index in [1.807, 2.05) is 20.8 Å². The Morgan fingerprint density at radius 2 is 1.50 bits per heavy atom. The van der Waals surface area contributed by atoms with Gasteiger partial charge in [0.2, 0.25) is 0 Å². The second-order valence-electron chi connectivity index (χ2n) is 4.87. The zero-order valence-electron chi connectivity index (χ0n) is 14.2. The van der Waals surface area contributed by atoms with Crippen LogP contribution in [0.25, 0.3) is 0 Å². The number of carbonyl (C=O) groups excluding carboxylic acids is 2. The zero-order valence-corrected chi connectivity index (χ0v) is 14.2. The summed E-state index contributed by atoms with van der Waals surface area (Å²) in [6, 6.07) is 3.28. The minimum absolute atomic E-state index is 0.147. The van der Waals surface area contributed by atoms with Gasteiger partial charge in [-0.3, -0.25) is 0 Å². The van der Waals surface area contributed by atoms with Gasteiger partial charge in [-0.25, -0.2) is 9.59 Å². The van der Waals surface area contributed by atoms with E-state index in [2.05, 4.69) is 0 Å². The molecule has 0 bridgehead atoms. The Balaban J connectivity index is 0. The van der Waals surface area contributed by atoms with E-state index in [1.165, 1.54) is 0 Å². The predicted molar refractivity (Wildman–Crippen MR) is 87.4 cm³/mol. The molecule has 0 radical (unpaired) electrons. The quantitative estimate of drug-likeness (QED) is 0.305. The Hall–Kier alpha value is -3.00. The fourth-order valence-corrected chi connectivity index (χ4v) is 1.01. The van der Waals surface area contributed by atoms with Crippen molar-refractivity contribution >= 4 is 11.9 Å². The van der Waals surface area contributed by atoms with Crippen LogP contribution in [0.4, 0.5) is 0 Å². The fourth-order valence-electron chi connectivity index (χ4n) is 1.01. The maximum absolute atomic E-state index is 10.9. The normalized spacial score (nSPS) is 10.8. The third kappa shape index (κ3) is 11.6. The van der Waals surface area contributed by atoms with Crippen molar-refractivity contribution in [2.45, 2.75) is 33.6 Å². The van der Waals surface area contributed by atoms with Crippen LogP contribution in [0.2, 0.25) is 0 Å². The largest absolute Gasteiger partial charge is 0.462 e. The molecular formula is C16H24N4O4. The van der Waals surface area contributed by atoms with E-state index in [0.717, 1.165) is 25.2 Å². The molecule has 0 aliphatic rings. The van der Waals surface area contributed by atoms with Gasteiger partial charge >= 0.3 is 11.9 Å². The van der Waals surface area contributed by atoms with Crippen LogP contribution in [0.3, 0.4) is 0 Å². The Kier molecular flexibility index (Phi) is 14.5. The number of hydrogen-bond acceptors (Lipinski definition) is 8. The Morgan fingerprint density at radius 3 is 1.83 bits per heavy atom. The second-order valence-corrected chi connectivity index (χ2v) is 4.87. The highest BCUT2D eigenvalue weighted by molar-refractivity contribution is 5.92. The molecule has 0 rings (SSSR count). The smallest absolute Gasteiger partial charge is 0.350 e. The lowest BCUT2D eigenvalue weighted by molar-refractivity contribution is -0.140. The van der Waals surface area contributed by atoms with Crippen LogP contribution in [0.1, 0.15) is 33.6 Å². The number of unbranched alkanes of at least 4 members (excludes halogenated alkanes) is 1. The first-order chi connectivity index (χ1) is 11.4. The van der Waals surface area contributed by atoms with Crippen molar-refractivity contribution in [3.05, 3.63) is 23.5 Å². The fraction of sp³-hybridized carbons (Fsp3) is 0.500. The molecule has 0 spiro atoms. The van der Waals surface area contributed by atoms with Crippen molar-refractivity contribution in [3.63, 3.8) is 0 Å². The van der Waals surface area contributed by atoms with Crippen LogP contribution in [0.5, 0.6) is 0 Å². The van der Waals surface area contributed by atoms with Crippen LogP contribution in [0.15, 0.2) is 23.5 Å². The summed E-state index contributed by atoms with van der Waals surface area (Å²) in [6.45, 7) is 6.45. The lowest BCUT2D eigenvalue weighted by atomic mass is 10.2. The molecule has 0 aromatic carbocycles. The Morgan fingerprint density at radius 1 is 1.04 bits per heavy atom. The highest BCUT2D eigenvalue weighted by atomic mass is 16.5. The van der Waals surface area contributed by atoms with Gasteiger partial charge in [-0.05, 0) is 12.3 Å². The van der Waals surface area contributed by atoms with E-state index in [0.29, 0.717) is 13.2 Å². The van der Waals surface area contributed by atoms with Gasteiger partial charge < -0.3 is 20.9 Å². The molecule has 0 saturated carbocycles. The Bertz CT molecular complexity index is 539. The van der Waals surface area contributed by atoms with E-state index < -0.39 is 11.9 Å². The zero-order chi connectivity index (χ0) is 19.0. The molecule has 132 valence electrons. The van der Waals surface area contributed by atoms with Crippen molar-refractivity contribution in [3.8, 4) is 12.1 Å². The van der Waals surface area contributed by atoms with Gasteiger partial charge in [-0.1, -0.05) is 27.2 Å². The average Bonchev–Trinajstić information content (AvgIpc) is 2.56. The van der Waals surface area contributed by atoms with E-state index in [4.69, 9.17) is 31.5 Å². The lowest BCUT2D eigenvalue weighted by Crippen LogP contribution is -2.12. The SMILES string of the molecule is CC(C)COC(=O)C(C#N)=CN.CCCCOC(=O)C(C#N)=CN. The van der Waals surface area contributed by atoms with Crippen molar-refractivity contribution < 1.29 is 19.1 Å². The number of rotatable bonds is 7. The molecule has 0 saturated heterocycles. The van der Waals surface area contributed by atoms with Crippen LogP contribution in [0, 0.1) is 28.6 Å². The molecule has 0 aromatic heterocycles. The average molecular weight is 336 g/mol. The summed E-state index contributed by atoms with van der Waals surface area (Å²) < 4.78 is 9.45. The first-order valence-electron chi connectivity index (χ1n) is 7.36. The summed E-state index contributed by atoms with van der Waals surface area (Å²) in [4.78, 5) is 21.8. The van der Waals surface area contributed by atoms with Gasteiger partial charge in [0.25, 0.3) is 0 Å². The topological polar surface area (TPSA) is 152 Å². The molecule has 4 N–H and O–H groups in total. The molecule has 8 nitrogen and oxygen atoms in total. The van der Waals surface area contributed by atoms with E-state index >= 15 is 0 Å². The van der Waals surface area contributed by atoms with Crippen LogP contribution < -0.4 is 11.5 Å². The third-order valence-corrected chi connectivity index (χ3v) is 2.29. The minimum atomic E-state index is -0.659. The van der Waals surface area contributed by atoms with E-state index in [-0.39, 0.29) is 17.1 Å². The van der Waals surface area contributed by atoms with Gasteiger partial charge in [0.15, 0.2) is 11.1 Å². The summed E-state index contributed by atoms with van der Waals surface area (Å²) in [5.74, 6) is -1.05. The maximum atomic E-state index is 10.9. The second kappa shape index (κ2) is 14.9. The van der Waals surface area contributed by atoms with Gasteiger partial charge in [0.05, 0.1) is 13.2 Å². The molecule has 0 aromatic rings. The molecule has 0 fully saturated rings. The van der Waals surface area contributed by atoms with Crippen LogP contribution >= 0.6 is 0 Å². The maximum Gasteiger partial charge on any atom is 0.350 e. The monoisotopic (exact) mass is 336 g/mol. The van der Waals surface area contributed by atoms with Crippen molar-refractivity contribution in [2.75, 3.05) is 13.2 Å². The first-order valence-corrected chi connectivity index (χ1v) is 7.36. The van der Waals surface area contributed by atoms with Crippen molar-refractivity contribution in [1.82, 2.24) is 0 Å². The number of ether oxygens (including phenoxy) is 2. The van der Waals surface area contributed by atoms with E-state index in [1.54, 1.807) is 12.1 Å². The molecule has 0 unspecified atom stereocenters. The number of hydrogen-bond donors (Lipinski definition) is 2. The summed E-state index contributed by atoms with van der Waals surface area (Å²) in [6.07, 6.45) is 3.65. The minimum Gasteiger partial charge on any atom is -0.462 e. The van der Waals surface area contributed by atoms with Crippen molar-refractivity contribution in [1.29, 1.82) is 10.5 Å². The molecule has 0 amide bonds. The van der Waals surface area contributed by atoms with Gasteiger partial charge in [0.1, 0.15) is 12.1 Å². The number of nitrogens with two attached hydrogens (primary N) is 2. The molecular weight excluding hydrogens is 312 g/mol. The van der Waals surface area contributed by atoms with E-state index in [9.17, 15) is 9.59 Å². The molecule has 24 heavy (non-hydrogen) atoms. The highest BCUT2D eigenvalue weighted by Crippen LogP contribution is 1.98. The molecule has 8 heteroatoms. The molecule has 0 aliphatic heterocycles. The van der Waals surface area contributed by atoms with Gasteiger partial charge in [-0.15, -0.1) is 0 Å². The number of esters is 2. The highest BCUT2D eigenvalue weighted by Gasteiger charge is 2.10. The summed E-state index contributed by atoms with van der Waals surface area (Å²) >= 11 is 0. The third-order valence-electron chi connectivity index (χ3n) is 2.29. The number of nitrogens with zero attached hydrogens (tertiary/aromatic N) is 2. The predicted octanol–water partition coefficient (Wildman–Crippen LogP) is 1.25.